The fourth-order valence-corrected chi connectivity index (χ4v) is 0.851. The van der Waals surface area contributed by atoms with Gasteiger partial charge in [-0.1, -0.05) is 5.16 Å². The van der Waals surface area contributed by atoms with Gasteiger partial charge in [-0.25, -0.2) is 4.79 Å². The summed E-state index contributed by atoms with van der Waals surface area (Å²) < 4.78 is 4.98. The van der Waals surface area contributed by atoms with E-state index in [1.165, 1.54) is 13.1 Å². The van der Waals surface area contributed by atoms with Gasteiger partial charge in [-0.15, -0.1) is 0 Å². The van der Waals surface area contributed by atoms with Crippen molar-refractivity contribution in [1.29, 1.82) is 0 Å². The molecule has 4 heteroatoms. The van der Waals surface area contributed by atoms with E-state index in [1.807, 2.05) is 12.1 Å². The summed E-state index contributed by atoms with van der Waals surface area (Å²) in [6.45, 7) is 1.30. The van der Waals surface area contributed by atoms with Crippen LogP contribution >= 0.6 is 0 Å². The number of nitrogens with zero attached hydrogens (tertiary/aromatic N) is 1. The Morgan fingerprint density at radius 3 is 2.50 bits per heavy atom. The lowest BCUT2D eigenvalue weighted by molar-refractivity contribution is -0.140. The van der Waals surface area contributed by atoms with Crippen molar-refractivity contribution in [3.05, 3.63) is 29.8 Å². The van der Waals surface area contributed by atoms with E-state index in [4.69, 9.17) is 4.74 Å². The first-order valence-corrected chi connectivity index (χ1v) is 4.07. The third-order valence-corrected chi connectivity index (χ3v) is 1.50. The summed E-state index contributed by atoms with van der Waals surface area (Å²) in [5.41, 5.74) is 0.840. The maximum absolute atomic E-state index is 10.4. The Bertz CT molecular complexity index is 330. The summed E-state index contributed by atoms with van der Waals surface area (Å²) in [6, 6.07) is 7.22. The Labute approximate surface area is 82.1 Å². The zero-order chi connectivity index (χ0) is 10.4. The molecular weight excluding hydrogens is 182 g/mol. The minimum Gasteiger partial charge on any atom is -0.497 e. The van der Waals surface area contributed by atoms with Crippen molar-refractivity contribution in [2.45, 2.75) is 6.92 Å². The number of hydrogen-bond acceptors (Lipinski definition) is 4. The van der Waals surface area contributed by atoms with Gasteiger partial charge in [0.05, 0.1) is 13.3 Å². The lowest BCUT2D eigenvalue weighted by Gasteiger charge is -1.98. The van der Waals surface area contributed by atoms with E-state index in [1.54, 1.807) is 19.2 Å². The summed E-state index contributed by atoms with van der Waals surface area (Å²) in [5, 5.41) is 3.48. The molecule has 0 aliphatic rings. The molecule has 0 spiro atoms. The highest BCUT2D eigenvalue weighted by Gasteiger charge is 1.91. The average Bonchev–Trinajstić information content (AvgIpc) is 2.18. The van der Waals surface area contributed by atoms with E-state index in [0.29, 0.717) is 0 Å². The van der Waals surface area contributed by atoms with Gasteiger partial charge in [0, 0.05) is 6.92 Å². The zero-order valence-electron chi connectivity index (χ0n) is 8.06. The predicted octanol–water partition coefficient (Wildman–Crippen LogP) is 1.59. The number of carbonyl (C=O) groups is 1. The highest BCUT2D eigenvalue weighted by Crippen LogP contribution is 2.09. The molecule has 0 atom stereocenters. The van der Waals surface area contributed by atoms with Crippen LogP contribution in [0.5, 0.6) is 5.75 Å². The summed E-state index contributed by atoms with van der Waals surface area (Å²) in [5.74, 6) is 0.337. The molecule has 0 aliphatic heterocycles. The van der Waals surface area contributed by atoms with Gasteiger partial charge in [0.1, 0.15) is 5.75 Å². The second-order valence-corrected chi connectivity index (χ2v) is 2.59. The Morgan fingerprint density at radius 2 is 2.00 bits per heavy atom. The molecule has 1 rings (SSSR count). The quantitative estimate of drug-likeness (QED) is 0.416. The fraction of sp³-hybridized carbons (Fsp3) is 0.200. The number of rotatable bonds is 3. The number of benzene rings is 1. The number of ether oxygens (including phenoxy) is 1. The molecule has 1 aromatic carbocycles. The average molecular weight is 193 g/mol. The minimum absolute atomic E-state index is 0.435. The lowest BCUT2D eigenvalue weighted by atomic mass is 10.2. The van der Waals surface area contributed by atoms with Gasteiger partial charge in [0.2, 0.25) is 0 Å². The topological polar surface area (TPSA) is 47.9 Å². The van der Waals surface area contributed by atoms with Gasteiger partial charge in [-0.3, -0.25) is 0 Å². The van der Waals surface area contributed by atoms with Gasteiger partial charge in [-0.05, 0) is 29.8 Å². The molecule has 0 radical (unpaired) electrons. The zero-order valence-corrected chi connectivity index (χ0v) is 8.06. The molecule has 14 heavy (non-hydrogen) atoms. The van der Waals surface area contributed by atoms with Gasteiger partial charge in [0.15, 0.2) is 0 Å². The number of carbonyl (C=O) groups excluding carboxylic acids is 1. The van der Waals surface area contributed by atoms with E-state index < -0.39 is 5.97 Å². The van der Waals surface area contributed by atoms with Crippen molar-refractivity contribution >= 4 is 12.2 Å². The predicted molar refractivity (Wildman–Crippen MR) is 52.4 cm³/mol. The van der Waals surface area contributed by atoms with Crippen molar-refractivity contribution < 1.29 is 14.4 Å². The van der Waals surface area contributed by atoms with Crippen LogP contribution in [0, 0.1) is 0 Å². The maximum Gasteiger partial charge on any atom is 0.331 e. The molecule has 0 bridgehead atoms. The van der Waals surface area contributed by atoms with Crippen molar-refractivity contribution in [3.63, 3.8) is 0 Å². The largest absolute Gasteiger partial charge is 0.497 e. The van der Waals surface area contributed by atoms with Gasteiger partial charge in [0.25, 0.3) is 0 Å². The molecule has 0 saturated heterocycles. The van der Waals surface area contributed by atoms with Crippen molar-refractivity contribution in [2.24, 2.45) is 5.16 Å². The fourth-order valence-electron chi connectivity index (χ4n) is 0.851. The first kappa shape index (κ1) is 10.2. The molecule has 4 nitrogen and oxygen atoms in total. The van der Waals surface area contributed by atoms with E-state index in [-0.39, 0.29) is 0 Å². The van der Waals surface area contributed by atoms with Crippen LogP contribution in [-0.2, 0) is 9.63 Å². The van der Waals surface area contributed by atoms with Crippen molar-refractivity contribution in [1.82, 2.24) is 0 Å². The molecule has 0 heterocycles. The van der Waals surface area contributed by atoms with Crippen LogP contribution in [-0.4, -0.2) is 19.3 Å². The monoisotopic (exact) mass is 193 g/mol. The number of oxime groups is 1. The molecule has 0 saturated carbocycles. The molecule has 0 N–H and O–H groups in total. The third kappa shape index (κ3) is 3.26. The molecule has 1 aromatic rings. The Morgan fingerprint density at radius 1 is 1.36 bits per heavy atom. The Balaban J connectivity index is 2.59. The van der Waals surface area contributed by atoms with Crippen molar-refractivity contribution in [3.8, 4) is 5.75 Å². The molecule has 74 valence electrons. The first-order valence-electron chi connectivity index (χ1n) is 4.07. The second-order valence-electron chi connectivity index (χ2n) is 2.59. The third-order valence-electron chi connectivity index (χ3n) is 1.50. The summed E-state index contributed by atoms with van der Waals surface area (Å²) in [6.07, 6.45) is 1.46. The van der Waals surface area contributed by atoms with Gasteiger partial charge >= 0.3 is 5.97 Å². The summed E-state index contributed by atoms with van der Waals surface area (Å²) in [4.78, 5) is 14.8. The second kappa shape index (κ2) is 5.01. The Hall–Kier alpha value is -1.84. The van der Waals surface area contributed by atoms with E-state index in [0.717, 1.165) is 11.3 Å². The summed E-state index contributed by atoms with van der Waals surface area (Å²) in [7, 11) is 1.60. The smallest absolute Gasteiger partial charge is 0.331 e. The SMILES string of the molecule is COc1ccc(C=NOC(C)=O)cc1. The normalized spacial score (nSPS) is 10.1. The molecular formula is C10H11NO3. The van der Waals surface area contributed by atoms with E-state index in [2.05, 4.69) is 9.99 Å². The van der Waals surface area contributed by atoms with Gasteiger partial charge in [-0.2, -0.15) is 0 Å². The van der Waals surface area contributed by atoms with Crippen LogP contribution in [0.1, 0.15) is 12.5 Å². The molecule has 0 aliphatic carbocycles. The van der Waals surface area contributed by atoms with Crippen molar-refractivity contribution in [2.75, 3.05) is 7.11 Å². The Kier molecular flexibility index (Phi) is 3.67. The van der Waals surface area contributed by atoms with Crippen LogP contribution in [0.2, 0.25) is 0 Å². The number of methoxy groups -OCH3 is 1. The molecule has 0 aromatic heterocycles. The van der Waals surface area contributed by atoms with Crippen LogP contribution < -0.4 is 4.74 Å². The highest BCUT2D eigenvalue weighted by atomic mass is 16.7. The lowest BCUT2D eigenvalue weighted by Crippen LogP contribution is -1.91. The molecule has 0 amide bonds. The standard InChI is InChI=1S/C10H11NO3/c1-8(12)14-11-7-9-3-5-10(13-2)6-4-9/h3-7H,1-2H3. The minimum atomic E-state index is -0.435. The summed E-state index contributed by atoms with van der Waals surface area (Å²) >= 11 is 0. The molecule has 0 fully saturated rings. The van der Waals surface area contributed by atoms with E-state index in [9.17, 15) is 4.79 Å². The first-order chi connectivity index (χ1) is 6.72. The van der Waals surface area contributed by atoms with Crippen LogP contribution in [0.25, 0.3) is 0 Å². The molecule has 0 unspecified atom stereocenters. The highest BCUT2D eigenvalue weighted by molar-refractivity contribution is 5.80. The van der Waals surface area contributed by atoms with Crippen LogP contribution in [0.3, 0.4) is 0 Å². The van der Waals surface area contributed by atoms with Gasteiger partial charge < -0.3 is 9.57 Å². The van der Waals surface area contributed by atoms with E-state index >= 15 is 0 Å². The van der Waals surface area contributed by atoms with Crippen LogP contribution in [0.15, 0.2) is 29.4 Å². The maximum atomic E-state index is 10.4. The van der Waals surface area contributed by atoms with Crippen LogP contribution in [0.4, 0.5) is 0 Å². The number of hydrogen-bond donors (Lipinski definition) is 0.